The maximum Gasteiger partial charge on any atom is 0.410 e. The fraction of sp³-hybridized carbons (Fsp3) is 0.542. The average Bonchev–Trinajstić information content (AvgIpc) is 3.02. The summed E-state index contributed by atoms with van der Waals surface area (Å²) in [7, 11) is 1.71. The molecule has 0 radical (unpaired) electrons. The molecule has 1 aromatic carbocycles. The molecule has 8 nitrogen and oxygen atoms in total. The Hall–Kier alpha value is -2.81. The van der Waals surface area contributed by atoms with Crippen molar-refractivity contribution in [2.45, 2.75) is 58.0 Å². The highest BCUT2D eigenvalue weighted by Gasteiger charge is 2.48. The number of carbonyl (C=O) groups is 2. The van der Waals surface area contributed by atoms with Gasteiger partial charge in [0.1, 0.15) is 22.8 Å². The first-order valence-corrected chi connectivity index (χ1v) is 11.8. The molecule has 1 aromatic heterocycles. The molecule has 1 saturated carbocycles. The number of nitrogen functional groups attached to an aromatic ring is 1. The van der Waals surface area contributed by atoms with Crippen molar-refractivity contribution >= 4 is 35.1 Å². The van der Waals surface area contributed by atoms with Crippen LogP contribution in [0.15, 0.2) is 18.2 Å². The Balaban J connectivity index is 1.42. The van der Waals surface area contributed by atoms with Crippen LogP contribution in [-0.4, -0.2) is 45.4 Å². The number of rotatable bonds is 3. The highest BCUT2D eigenvalue weighted by molar-refractivity contribution is 6.31. The number of ether oxygens (including phenoxy) is 1. The second-order valence-corrected chi connectivity index (χ2v) is 10.9. The molecule has 3 N–H and O–H groups in total. The van der Waals surface area contributed by atoms with Crippen LogP contribution in [-0.2, 0) is 11.8 Å². The zero-order valence-electron chi connectivity index (χ0n) is 20.0. The third-order valence-corrected chi connectivity index (χ3v) is 6.95. The number of amides is 2. The summed E-state index contributed by atoms with van der Waals surface area (Å²) in [6, 6.07) is 4.01. The van der Waals surface area contributed by atoms with Crippen molar-refractivity contribution in [3.8, 4) is 0 Å². The molecule has 1 spiro atoms. The van der Waals surface area contributed by atoms with Crippen molar-refractivity contribution in [3.05, 3.63) is 40.3 Å². The SMILES string of the molecule is Cn1nc(C2CCC3(CC2)CN(C(=O)OC(C)(C)C)C3)c(C(=O)Nc2ccc(F)c(Cl)c2)c1N. The summed E-state index contributed by atoms with van der Waals surface area (Å²) in [4.78, 5) is 27.2. The molecule has 2 heterocycles. The Labute approximate surface area is 203 Å². The molecular weight excluding hydrogens is 461 g/mol. The van der Waals surface area contributed by atoms with E-state index in [1.807, 2.05) is 20.8 Å². The van der Waals surface area contributed by atoms with Gasteiger partial charge in [-0.25, -0.2) is 9.18 Å². The molecule has 10 heteroatoms. The molecule has 1 aliphatic carbocycles. The van der Waals surface area contributed by atoms with E-state index in [2.05, 4.69) is 10.4 Å². The lowest BCUT2D eigenvalue weighted by Crippen LogP contribution is -2.60. The number of hydrogen-bond donors (Lipinski definition) is 2. The number of anilines is 2. The van der Waals surface area contributed by atoms with Gasteiger partial charge in [0.15, 0.2) is 0 Å². The van der Waals surface area contributed by atoms with Gasteiger partial charge in [-0.15, -0.1) is 0 Å². The molecule has 0 atom stereocenters. The van der Waals surface area contributed by atoms with Gasteiger partial charge >= 0.3 is 6.09 Å². The summed E-state index contributed by atoms with van der Waals surface area (Å²) in [5.41, 5.74) is 7.19. The molecule has 2 aromatic rings. The van der Waals surface area contributed by atoms with E-state index in [9.17, 15) is 14.0 Å². The van der Waals surface area contributed by atoms with Crippen LogP contribution in [0.3, 0.4) is 0 Å². The second kappa shape index (κ2) is 8.76. The molecule has 1 saturated heterocycles. The number of likely N-dealkylation sites (tertiary alicyclic amines) is 1. The van der Waals surface area contributed by atoms with Crippen LogP contribution >= 0.6 is 11.6 Å². The summed E-state index contributed by atoms with van der Waals surface area (Å²) < 4.78 is 20.5. The maximum atomic E-state index is 13.5. The van der Waals surface area contributed by atoms with Crippen molar-refractivity contribution in [1.82, 2.24) is 14.7 Å². The molecule has 2 fully saturated rings. The van der Waals surface area contributed by atoms with E-state index >= 15 is 0 Å². The molecule has 1 aliphatic heterocycles. The monoisotopic (exact) mass is 491 g/mol. The predicted octanol–water partition coefficient (Wildman–Crippen LogP) is 4.94. The Kier molecular flexibility index (Phi) is 6.27. The van der Waals surface area contributed by atoms with Crippen molar-refractivity contribution < 1.29 is 18.7 Å². The minimum atomic E-state index is -0.557. The van der Waals surface area contributed by atoms with Gasteiger partial charge in [-0.05, 0) is 64.7 Å². The Morgan fingerprint density at radius 1 is 1.26 bits per heavy atom. The third kappa shape index (κ3) is 4.85. The second-order valence-electron chi connectivity index (χ2n) is 10.5. The van der Waals surface area contributed by atoms with Crippen LogP contribution in [0.5, 0.6) is 0 Å². The van der Waals surface area contributed by atoms with E-state index in [1.54, 1.807) is 11.9 Å². The Morgan fingerprint density at radius 2 is 1.91 bits per heavy atom. The predicted molar refractivity (Wildman–Crippen MR) is 128 cm³/mol. The number of aromatic nitrogens is 2. The fourth-order valence-electron chi connectivity index (χ4n) is 4.88. The molecule has 2 aliphatic rings. The van der Waals surface area contributed by atoms with Gasteiger partial charge in [-0.1, -0.05) is 11.6 Å². The van der Waals surface area contributed by atoms with E-state index in [-0.39, 0.29) is 28.3 Å². The van der Waals surface area contributed by atoms with Gasteiger partial charge in [0.2, 0.25) is 0 Å². The lowest BCUT2D eigenvalue weighted by Gasteiger charge is -2.53. The fourth-order valence-corrected chi connectivity index (χ4v) is 5.06. The molecular formula is C24H31ClFN5O3. The third-order valence-electron chi connectivity index (χ3n) is 6.66. The Bertz CT molecular complexity index is 1110. The van der Waals surface area contributed by atoms with E-state index in [4.69, 9.17) is 22.1 Å². The standard InChI is InChI=1S/C24H31ClFN5O3/c1-23(2,3)34-22(33)31-12-24(13-31)9-7-14(8-10-24)19-18(20(27)30(4)29-19)21(32)28-15-5-6-17(26)16(25)11-15/h5-6,11,14H,7-10,12-13,27H2,1-4H3,(H,28,32). The molecule has 4 rings (SSSR count). The number of carbonyl (C=O) groups excluding carboxylic acids is 2. The highest BCUT2D eigenvalue weighted by Crippen LogP contribution is 2.49. The van der Waals surface area contributed by atoms with Crippen molar-refractivity contribution in [2.75, 3.05) is 24.1 Å². The summed E-state index contributed by atoms with van der Waals surface area (Å²) in [5.74, 6) is -0.593. The van der Waals surface area contributed by atoms with E-state index in [0.29, 0.717) is 30.0 Å². The van der Waals surface area contributed by atoms with E-state index in [1.165, 1.54) is 22.9 Å². The number of nitrogens with two attached hydrogens (primary N) is 1. The quantitative estimate of drug-likeness (QED) is 0.633. The lowest BCUT2D eigenvalue weighted by molar-refractivity contribution is -0.0508. The minimum Gasteiger partial charge on any atom is -0.444 e. The summed E-state index contributed by atoms with van der Waals surface area (Å²) in [6.07, 6.45) is 3.30. The largest absolute Gasteiger partial charge is 0.444 e. The number of benzene rings is 1. The maximum absolute atomic E-state index is 13.5. The molecule has 184 valence electrons. The first kappa shape index (κ1) is 24.3. The summed E-state index contributed by atoms with van der Waals surface area (Å²) >= 11 is 5.84. The zero-order chi connectivity index (χ0) is 24.8. The number of nitrogens with one attached hydrogen (secondary N) is 1. The summed E-state index contributed by atoms with van der Waals surface area (Å²) in [5, 5.41) is 7.24. The molecule has 0 unspecified atom stereocenters. The van der Waals surface area contributed by atoms with Gasteiger partial charge < -0.3 is 20.7 Å². The van der Waals surface area contributed by atoms with Gasteiger partial charge in [0.25, 0.3) is 5.91 Å². The van der Waals surface area contributed by atoms with Crippen LogP contribution < -0.4 is 11.1 Å². The van der Waals surface area contributed by atoms with Crippen LogP contribution in [0.25, 0.3) is 0 Å². The van der Waals surface area contributed by atoms with Gasteiger partial charge in [0.05, 0.1) is 10.7 Å². The minimum absolute atomic E-state index is 0.0734. The van der Waals surface area contributed by atoms with Crippen molar-refractivity contribution in [1.29, 1.82) is 0 Å². The smallest absolute Gasteiger partial charge is 0.410 e. The van der Waals surface area contributed by atoms with Gasteiger partial charge in [0, 0.05) is 37.2 Å². The van der Waals surface area contributed by atoms with Gasteiger partial charge in [-0.2, -0.15) is 5.10 Å². The van der Waals surface area contributed by atoms with Crippen LogP contribution in [0.1, 0.15) is 68.4 Å². The zero-order valence-corrected chi connectivity index (χ0v) is 20.7. The average molecular weight is 492 g/mol. The normalized spacial score (nSPS) is 18.0. The number of halogens is 2. The number of nitrogens with zero attached hydrogens (tertiary/aromatic N) is 3. The molecule has 0 bridgehead atoms. The first-order chi connectivity index (χ1) is 15.9. The lowest BCUT2D eigenvalue weighted by atomic mass is 9.65. The number of hydrogen-bond acceptors (Lipinski definition) is 5. The van der Waals surface area contributed by atoms with Crippen LogP contribution in [0.4, 0.5) is 20.7 Å². The van der Waals surface area contributed by atoms with E-state index < -0.39 is 17.3 Å². The Morgan fingerprint density at radius 3 is 2.50 bits per heavy atom. The van der Waals surface area contributed by atoms with Crippen molar-refractivity contribution in [3.63, 3.8) is 0 Å². The topological polar surface area (TPSA) is 102 Å². The first-order valence-electron chi connectivity index (χ1n) is 11.4. The van der Waals surface area contributed by atoms with Crippen LogP contribution in [0.2, 0.25) is 5.02 Å². The molecule has 2 amide bonds. The molecule has 34 heavy (non-hydrogen) atoms. The highest BCUT2D eigenvalue weighted by atomic mass is 35.5. The van der Waals surface area contributed by atoms with Gasteiger partial charge in [-0.3, -0.25) is 9.48 Å². The number of aryl methyl sites for hydroxylation is 1. The summed E-state index contributed by atoms with van der Waals surface area (Å²) in [6.45, 7) is 6.98. The van der Waals surface area contributed by atoms with Crippen LogP contribution in [0, 0.1) is 11.2 Å². The van der Waals surface area contributed by atoms with E-state index in [0.717, 1.165) is 25.7 Å². The van der Waals surface area contributed by atoms with Crippen molar-refractivity contribution in [2.24, 2.45) is 12.5 Å².